The average molecular weight is 284 g/mol. The summed E-state index contributed by atoms with van der Waals surface area (Å²) in [7, 11) is 0. The summed E-state index contributed by atoms with van der Waals surface area (Å²) in [5.41, 5.74) is 2.87. The fourth-order valence-corrected chi connectivity index (χ4v) is 2.02. The Hall–Kier alpha value is -1.25. The molecular weight excluding hydrogens is 272 g/mol. The monoisotopic (exact) mass is 283 g/mol. The van der Waals surface area contributed by atoms with Crippen LogP contribution in [0.1, 0.15) is 11.1 Å². The zero-order valence-corrected chi connectivity index (χ0v) is 11.3. The Morgan fingerprint density at radius 3 is 2.56 bits per heavy atom. The summed E-state index contributed by atoms with van der Waals surface area (Å²) in [6.45, 7) is 2.51. The third-order valence-corrected chi connectivity index (χ3v) is 3.20. The van der Waals surface area contributed by atoms with Crippen molar-refractivity contribution in [2.45, 2.75) is 13.5 Å². The molecule has 1 nitrogen and oxygen atoms in total. The molecule has 18 heavy (non-hydrogen) atoms. The van der Waals surface area contributed by atoms with Crippen LogP contribution in [0.25, 0.3) is 0 Å². The lowest BCUT2D eigenvalue weighted by Gasteiger charge is -2.10. The Balaban J connectivity index is 2.09. The minimum atomic E-state index is -0.399. The molecular formula is C14H12Cl2FN. The van der Waals surface area contributed by atoms with Crippen molar-refractivity contribution in [1.82, 2.24) is 0 Å². The number of hydrogen-bond acceptors (Lipinski definition) is 1. The van der Waals surface area contributed by atoms with Crippen molar-refractivity contribution in [1.29, 1.82) is 0 Å². The van der Waals surface area contributed by atoms with Gasteiger partial charge in [-0.15, -0.1) is 0 Å². The van der Waals surface area contributed by atoms with Crippen LogP contribution in [0, 0.1) is 12.7 Å². The van der Waals surface area contributed by atoms with Crippen LogP contribution in [0.5, 0.6) is 0 Å². The maximum Gasteiger partial charge on any atom is 0.142 e. The molecule has 2 aromatic rings. The van der Waals surface area contributed by atoms with Gasteiger partial charge in [0, 0.05) is 17.3 Å². The standard InChI is InChI=1S/C14H12Cl2FN/c1-9-6-11(15)3-5-14(9)18-8-10-2-4-12(16)13(17)7-10/h2-7,18H,8H2,1H3. The molecule has 2 rings (SSSR count). The molecule has 0 saturated heterocycles. The highest BCUT2D eigenvalue weighted by Crippen LogP contribution is 2.21. The molecule has 0 aliphatic heterocycles. The summed E-state index contributed by atoms with van der Waals surface area (Å²) in [5, 5.41) is 4.08. The molecule has 0 atom stereocenters. The molecule has 0 aliphatic carbocycles. The Morgan fingerprint density at radius 2 is 1.89 bits per heavy atom. The Morgan fingerprint density at radius 1 is 1.11 bits per heavy atom. The lowest BCUT2D eigenvalue weighted by Crippen LogP contribution is -2.01. The molecule has 0 aromatic heterocycles. The van der Waals surface area contributed by atoms with Crippen LogP contribution < -0.4 is 5.32 Å². The van der Waals surface area contributed by atoms with Gasteiger partial charge in [-0.2, -0.15) is 0 Å². The van der Waals surface area contributed by atoms with E-state index in [9.17, 15) is 4.39 Å². The molecule has 0 spiro atoms. The van der Waals surface area contributed by atoms with Gasteiger partial charge in [0.25, 0.3) is 0 Å². The predicted octanol–water partition coefficient (Wildman–Crippen LogP) is 5.05. The molecule has 0 unspecified atom stereocenters. The van der Waals surface area contributed by atoms with E-state index in [0.29, 0.717) is 11.6 Å². The highest BCUT2D eigenvalue weighted by atomic mass is 35.5. The molecule has 1 N–H and O–H groups in total. The first-order chi connectivity index (χ1) is 8.56. The van der Waals surface area contributed by atoms with E-state index < -0.39 is 5.82 Å². The normalized spacial score (nSPS) is 10.4. The third-order valence-electron chi connectivity index (χ3n) is 2.66. The van der Waals surface area contributed by atoms with Crippen LogP contribution in [0.15, 0.2) is 36.4 Å². The lowest BCUT2D eigenvalue weighted by molar-refractivity contribution is 0.626. The van der Waals surface area contributed by atoms with Crippen molar-refractivity contribution in [3.8, 4) is 0 Å². The van der Waals surface area contributed by atoms with E-state index in [4.69, 9.17) is 23.2 Å². The Bertz CT molecular complexity index is 570. The minimum Gasteiger partial charge on any atom is -0.381 e. The van der Waals surface area contributed by atoms with Crippen LogP contribution in [0.3, 0.4) is 0 Å². The number of aryl methyl sites for hydroxylation is 1. The first kappa shape index (κ1) is 13.2. The van der Waals surface area contributed by atoms with E-state index in [1.165, 1.54) is 6.07 Å². The number of benzene rings is 2. The molecule has 94 valence electrons. The maximum atomic E-state index is 13.3. The highest BCUT2D eigenvalue weighted by molar-refractivity contribution is 6.31. The molecule has 2 aromatic carbocycles. The number of rotatable bonds is 3. The van der Waals surface area contributed by atoms with Gasteiger partial charge in [0.2, 0.25) is 0 Å². The first-order valence-corrected chi connectivity index (χ1v) is 6.26. The van der Waals surface area contributed by atoms with Crippen LogP contribution in [-0.2, 0) is 6.54 Å². The van der Waals surface area contributed by atoms with Crippen molar-refractivity contribution in [2.24, 2.45) is 0 Å². The summed E-state index contributed by atoms with van der Waals surface area (Å²) in [6, 6.07) is 10.4. The Labute approximate surface area is 116 Å². The van der Waals surface area contributed by atoms with Crippen molar-refractivity contribution in [3.05, 3.63) is 63.4 Å². The number of nitrogens with one attached hydrogen (secondary N) is 1. The maximum absolute atomic E-state index is 13.3. The van der Waals surface area contributed by atoms with Crippen LogP contribution in [-0.4, -0.2) is 0 Å². The Kier molecular flexibility index (Phi) is 4.10. The molecule has 0 bridgehead atoms. The number of halogens is 3. The van der Waals surface area contributed by atoms with Crippen molar-refractivity contribution >= 4 is 28.9 Å². The van der Waals surface area contributed by atoms with Gasteiger partial charge in [-0.25, -0.2) is 4.39 Å². The van der Waals surface area contributed by atoms with Crippen LogP contribution in [0.4, 0.5) is 10.1 Å². The molecule has 4 heteroatoms. The van der Waals surface area contributed by atoms with Crippen molar-refractivity contribution in [2.75, 3.05) is 5.32 Å². The molecule has 0 fully saturated rings. The van der Waals surface area contributed by atoms with Gasteiger partial charge in [-0.1, -0.05) is 29.3 Å². The summed E-state index contributed by atoms with van der Waals surface area (Å²) in [6.07, 6.45) is 0. The first-order valence-electron chi connectivity index (χ1n) is 5.50. The van der Waals surface area contributed by atoms with Crippen LogP contribution >= 0.6 is 23.2 Å². The molecule has 0 aliphatic rings. The smallest absolute Gasteiger partial charge is 0.142 e. The van der Waals surface area contributed by atoms with Gasteiger partial charge < -0.3 is 5.32 Å². The number of hydrogen-bond donors (Lipinski definition) is 1. The summed E-state index contributed by atoms with van der Waals surface area (Å²) in [5.74, 6) is -0.399. The van der Waals surface area contributed by atoms with Crippen molar-refractivity contribution in [3.63, 3.8) is 0 Å². The lowest BCUT2D eigenvalue weighted by atomic mass is 10.1. The van der Waals surface area contributed by atoms with E-state index in [2.05, 4.69) is 5.32 Å². The number of anilines is 1. The van der Waals surface area contributed by atoms with Gasteiger partial charge in [0.1, 0.15) is 5.82 Å². The molecule has 0 saturated carbocycles. The zero-order valence-electron chi connectivity index (χ0n) is 9.81. The van der Waals surface area contributed by atoms with Gasteiger partial charge in [-0.05, 0) is 48.4 Å². The zero-order chi connectivity index (χ0) is 13.1. The second kappa shape index (κ2) is 5.59. The molecule has 0 amide bonds. The highest BCUT2D eigenvalue weighted by Gasteiger charge is 2.02. The fourth-order valence-electron chi connectivity index (χ4n) is 1.67. The fraction of sp³-hybridized carbons (Fsp3) is 0.143. The topological polar surface area (TPSA) is 12.0 Å². The van der Waals surface area contributed by atoms with Crippen molar-refractivity contribution < 1.29 is 4.39 Å². The van der Waals surface area contributed by atoms with Gasteiger partial charge in [-0.3, -0.25) is 0 Å². The summed E-state index contributed by atoms with van der Waals surface area (Å²) < 4.78 is 13.3. The average Bonchev–Trinajstić information content (AvgIpc) is 2.32. The minimum absolute atomic E-state index is 0.140. The third kappa shape index (κ3) is 3.15. The van der Waals surface area contributed by atoms with Gasteiger partial charge >= 0.3 is 0 Å². The summed E-state index contributed by atoms with van der Waals surface area (Å²) in [4.78, 5) is 0. The summed E-state index contributed by atoms with van der Waals surface area (Å²) >= 11 is 11.5. The molecule has 0 radical (unpaired) electrons. The van der Waals surface area contributed by atoms with E-state index >= 15 is 0 Å². The predicted molar refractivity (Wildman–Crippen MR) is 74.9 cm³/mol. The molecule has 0 heterocycles. The second-order valence-electron chi connectivity index (χ2n) is 4.06. The van der Waals surface area contributed by atoms with Crippen LogP contribution in [0.2, 0.25) is 10.0 Å². The van der Waals surface area contributed by atoms with Gasteiger partial charge in [0.15, 0.2) is 0 Å². The second-order valence-corrected chi connectivity index (χ2v) is 4.90. The van der Waals surface area contributed by atoms with E-state index in [-0.39, 0.29) is 5.02 Å². The van der Waals surface area contributed by atoms with E-state index in [0.717, 1.165) is 16.8 Å². The quantitative estimate of drug-likeness (QED) is 0.831. The largest absolute Gasteiger partial charge is 0.381 e. The SMILES string of the molecule is Cc1cc(Cl)ccc1NCc1ccc(Cl)c(F)c1. The van der Waals surface area contributed by atoms with E-state index in [1.54, 1.807) is 12.1 Å². The van der Waals surface area contributed by atoms with E-state index in [1.807, 2.05) is 25.1 Å². The van der Waals surface area contributed by atoms with Gasteiger partial charge in [0.05, 0.1) is 5.02 Å².